The molecule has 0 spiro atoms. The molecule has 0 aromatic carbocycles. The van der Waals surface area contributed by atoms with E-state index in [1.54, 1.807) is 0 Å². The summed E-state index contributed by atoms with van der Waals surface area (Å²) in [5.74, 6) is -5.70. The number of hydrogen-bond acceptors (Lipinski definition) is 13. The van der Waals surface area contributed by atoms with Gasteiger partial charge in [-0.3, -0.25) is 0 Å². The first-order valence-electron chi connectivity index (χ1n) is 14.1. The summed E-state index contributed by atoms with van der Waals surface area (Å²) >= 11 is 0. The van der Waals surface area contributed by atoms with Crippen LogP contribution in [-0.4, -0.2) is 122 Å². The van der Waals surface area contributed by atoms with Crippen molar-refractivity contribution in [2.24, 2.45) is 0 Å². The number of aliphatic hydroxyl groups is 1. The third kappa shape index (κ3) is 5.47. The van der Waals surface area contributed by atoms with Gasteiger partial charge in [-0.15, -0.1) is 0 Å². The highest BCUT2D eigenvalue weighted by Crippen LogP contribution is 2.49. The summed E-state index contributed by atoms with van der Waals surface area (Å²) in [5.41, 5.74) is 0. The molecular weight excluding hydrogens is 532 g/mol. The highest BCUT2D eigenvalue weighted by molar-refractivity contribution is 5.04. The molecule has 6 rings (SSSR count). The molecule has 0 aliphatic carbocycles. The van der Waals surface area contributed by atoms with Crippen LogP contribution in [0.1, 0.15) is 55.4 Å². The minimum Gasteiger partial charge on any atom is -0.388 e. The van der Waals surface area contributed by atoms with E-state index in [2.05, 4.69) is 0 Å². The van der Waals surface area contributed by atoms with Gasteiger partial charge in [0.05, 0.1) is 26.4 Å². The first-order valence-corrected chi connectivity index (χ1v) is 14.1. The van der Waals surface area contributed by atoms with Gasteiger partial charge in [-0.05, 0) is 55.4 Å². The van der Waals surface area contributed by atoms with Crippen molar-refractivity contribution in [3.05, 3.63) is 0 Å². The van der Waals surface area contributed by atoms with Crippen LogP contribution in [0.4, 0.5) is 0 Å². The molecule has 13 heteroatoms. The van der Waals surface area contributed by atoms with Gasteiger partial charge in [0.15, 0.2) is 23.1 Å². The monoisotopic (exact) mass is 576 g/mol. The Morgan fingerprint density at radius 3 is 1.40 bits per heavy atom. The van der Waals surface area contributed by atoms with Crippen LogP contribution < -0.4 is 0 Å². The standard InChI is InChI=1S/C27H44O13/c1-22(2)33-16-11-31-26(20(18(16)35-22)37-24(5,6)39-26)13-29-9-15(28)10-30-14-27-21(38-25(7,8)40-27)19-17(12-32-27)34-23(3,4)36-19/h15-21,28H,9-14H2,1-8H3/t16-,17-,18-,19-,20+,21+,26+,27+/m1/s1. The molecule has 6 fully saturated rings. The maximum Gasteiger partial charge on any atom is 0.224 e. The lowest BCUT2D eigenvalue weighted by atomic mass is 9.97. The summed E-state index contributed by atoms with van der Waals surface area (Å²) in [4.78, 5) is 0. The van der Waals surface area contributed by atoms with E-state index in [0.717, 1.165) is 0 Å². The molecule has 6 aliphatic heterocycles. The van der Waals surface area contributed by atoms with E-state index in [1.165, 1.54) is 0 Å². The summed E-state index contributed by atoms with van der Waals surface area (Å²) < 4.78 is 72.9. The Balaban J connectivity index is 1.02. The van der Waals surface area contributed by atoms with Crippen molar-refractivity contribution in [1.29, 1.82) is 0 Å². The maximum absolute atomic E-state index is 10.7. The Morgan fingerprint density at radius 2 is 1.00 bits per heavy atom. The Labute approximate surface area is 234 Å². The molecule has 1 N–H and O–H groups in total. The van der Waals surface area contributed by atoms with Gasteiger partial charge in [0.25, 0.3) is 0 Å². The zero-order chi connectivity index (χ0) is 28.8. The average molecular weight is 577 g/mol. The quantitative estimate of drug-likeness (QED) is 0.444. The number of hydrogen-bond donors (Lipinski definition) is 1. The summed E-state index contributed by atoms with van der Waals surface area (Å²) in [7, 11) is 0. The molecule has 0 saturated carbocycles. The summed E-state index contributed by atoms with van der Waals surface area (Å²) in [6.45, 7) is 15.3. The van der Waals surface area contributed by atoms with Gasteiger partial charge in [-0.1, -0.05) is 0 Å². The molecule has 6 saturated heterocycles. The third-order valence-electron chi connectivity index (χ3n) is 7.78. The van der Waals surface area contributed by atoms with E-state index < -0.39 is 53.0 Å². The minimum atomic E-state index is -1.19. The summed E-state index contributed by atoms with van der Waals surface area (Å²) in [6.07, 6.45) is -3.35. The lowest BCUT2D eigenvalue weighted by Crippen LogP contribution is -2.60. The van der Waals surface area contributed by atoms with E-state index in [9.17, 15) is 5.11 Å². The molecule has 0 amide bonds. The summed E-state index contributed by atoms with van der Waals surface area (Å²) in [5, 5.41) is 10.7. The van der Waals surface area contributed by atoms with Crippen molar-refractivity contribution in [3.63, 3.8) is 0 Å². The zero-order valence-electron chi connectivity index (χ0n) is 24.6. The van der Waals surface area contributed by atoms with Crippen molar-refractivity contribution >= 4 is 0 Å². The van der Waals surface area contributed by atoms with Gasteiger partial charge in [0.2, 0.25) is 11.6 Å². The Hall–Kier alpha value is -0.520. The topological polar surface area (TPSA) is 131 Å². The molecule has 6 aliphatic rings. The van der Waals surface area contributed by atoms with Crippen molar-refractivity contribution in [2.75, 3.05) is 39.6 Å². The number of aliphatic hydroxyl groups excluding tert-OH is 1. The van der Waals surface area contributed by atoms with Crippen LogP contribution >= 0.6 is 0 Å². The summed E-state index contributed by atoms with van der Waals surface area (Å²) in [6, 6.07) is 0. The zero-order valence-corrected chi connectivity index (χ0v) is 24.6. The first kappa shape index (κ1) is 29.5. The average Bonchev–Trinajstić information content (AvgIpc) is 3.48. The normalized spacial score (nSPS) is 46.4. The van der Waals surface area contributed by atoms with Gasteiger partial charge in [-0.25, -0.2) is 0 Å². The molecule has 40 heavy (non-hydrogen) atoms. The molecular formula is C27H44O13. The van der Waals surface area contributed by atoms with Crippen LogP contribution in [0.5, 0.6) is 0 Å². The second-order valence-electron chi connectivity index (χ2n) is 13.3. The van der Waals surface area contributed by atoms with Crippen molar-refractivity contribution in [2.45, 2.75) is 133 Å². The predicted molar refractivity (Wildman–Crippen MR) is 133 cm³/mol. The van der Waals surface area contributed by atoms with E-state index in [1.807, 2.05) is 55.4 Å². The Bertz CT molecular complexity index is 881. The third-order valence-corrected chi connectivity index (χ3v) is 7.78. The molecule has 230 valence electrons. The van der Waals surface area contributed by atoms with Crippen LogP contribution in [0.3, 0.4) is 0 Å². The lowest BCUT2D eigenvalue weighted by molar-refractivity contribution is -0.303. The van der Waals surface area contributed by atoms with E-state index >= 15 is 0 Å². The highest BCUT2D eigenvalue weighted by atomic mass is 16.9. The number of fused-ring (bicyclic) bond motifs is 6. The number of ether oxygens (including phenoxy) is 12. The van der Waals surface area contributed by atoms with E-state index in [-0.39, 0.29) is 64.1 Å². The predicted octanol–water partition coefficient (Wildman–Crippen LogP) is 1.18. The van der Waals surface area contributed by atoms with Crippen LogP contribution in [-0.2, 0) is 56.8 Å². The highest BCUT2D eigenvalue weighted by Gasteiger charge is 2.67. The fourth-order valence-electron chi connectivity index (χ4n) is 6.62. The van der Waals surface area contributed by atoms with E-state index in [0.29, 0.717) is 0 Å². The fraction of sp³-hybridized carbons (Fsp3) is 1.00. The minimum absolute atomic E-state index is 0.0193. The Morgan fingerprint density at radius 1 is 0.600 bits per heavy atom. The van der Waals surface area contributed by atoms with E-state index in [4.69, 9.17) is 56.8 Å². The smallest absolute Gasteiger partial charge is 0.224 e. The second-order valence-corrected chi connectivity index (χ2v) is 13.3. The molecule has 0 aromatic heterocycles. The van der Waals surface area contributed by atoms with Gasteiger partial charge in [0.1, 0.15) is 55.9 Å². The van der Waals surface area contributed by atoms with Gasteiger partial charge in [0, 0.05) is 0 Å². The van der Waals surface area contributed by atoms with Crippen molar-refractivity contribution in [3.8, 4) is 0 Å². The van der Waals surface area contributed by atoms with Crippen molar-refractivity contribution < 1.29 is 61.9 Å². The second kappa shape index (κ2) is 9.74. The SMILES string of the molecule is CC1(C)O[C@@H]2[C@@H](CO[C@@]3(COCC(O)COC[C@@]45OC[C@H]6OC(C)(C)O[C@H]6[C@@H]4OC(C)(C)O5)OC(C)(C)O[C@@H]23)O1. The molecule has 0 unspecified atom stereocenters. The Kier molecular flexibility index (Phi) is 7.20. The molecule has 0 radical (unpaired) electrons. The largest absolute Gasteiger partial charge is 0.388 e. The molecule has 13 nitrogen and oxygen atoms in total. The molecule has 0 aromatic rings. The van der Waals surface area contributed by atoms with Crippen LogP contribution in [0.2, 0.25) is 0 Å². The van der Waals surface area contributed by atoms with Crippen molar-refractivity contribution in [1.82, 2.24) is 0 Å². The lowest BCUT2D eigenvalue weighted by Gasteiger charge is -2.40. The van der Waals surface area contributed by atoms with Crippen LogP contribution in [0, 0.1) is 0 Å². The van der Waals surface area contributed by atoms with Crippen LogP contribution in [0.25, 0.3) is 0 Å². The maximum atomic E-state index is 10.7. The fourth-order valence-corrected chi connectivity index (χ4v) is 6.62. The molecule has 6 heterocycles. The van der Waals surface area contributed by atoms with Gasteiger partial charge < -0.3 is 61.9 Å². The molecule has 0 bridgehead atoms. The van der Waals surface area contributed by atoms with Crippen LogP contribution in [0.15, 0.2) is 0 Å². The first-order chi connectivity index (χ1) is 18.5. The van der Waals surface area contributed by atoms with Gasteiger partial charge >= 0.3 is 0 Å². The molecule has 8 atom stereocenters. The number of rotatable bonds is 8. The van der Waals surface area contributed by atoms with Gasteiger partial charge in [-0.2, -0.15) is 0 Å².